The number of nitrogens with zero attached hydrogens (tertiary/aromatic N) is 2. The number of carbonyl (C=O) groups is 1. The van der Waals surface area contributed by atoms with Gasteiger partial charge in [-0.2, -0.15) is 0 Å². The summed E-state index contributed by atoms with van der Waals surface area (Å²) in [5, 5.41) is 9.28. The molecule has 0 aliphatic carbocycles. The monoisotopic (exact) mass is 254 g/mol. The molecule has 17 heavy (non-hydrogen) atoms. The predicted octanol–water partition coefficient (Wildman–Crippen LogP) is 2.81. The quantitative estimate of drug-likeness (QED) is 0.901. The van der Waals surface area contributed by atoms with E-state index in [0.29, 0.717) is 11.9 Å². The van der Waals surface area contributed by atoms with Crippen molar-refractivity contribution in [3.8, 4) is 0 Å². The second-order valence-electron chi connectivity index (χ2n) is 4.20. The second kappa shape index (κ2) is 4.92. The van der Waals surface area contributed by atoms with Crippen molar-refractivity contribution >= 4 is 23.4 Å². The van der Waals surface area contributed by atoms with Gasteiger partial charge in [-0.1, -0.05) is 18.5 Å². The van der Waals surface area contributed by atoms with E-state index in [2.05, 4.69) is 16.8 Å². The van der Waals surface area contributed by atoms with Crippen molar-refractivity contribution in [3.63, 3.8) is 0 Å². The van der Waals surface area contributed by atoms with Crippen molar-refractivity contribution in [3.05, 3.63) is 22.8 Å². The third-order valence-electron chi connectivity index (χ3n) is 3.22. The zero-order valence-corrected chi connectivity index (χ0v) is 10.4. The van der Waals surface area contributed by atoms with Crippen LogP contribution < -0.4 is 4.90 Å². The highest BCUT2D eigenvalue weighted by molar-refractivity contribution is 6.35. The van der Waals surface area contributed by atoms with E-state index in [1.54, 1.807) is 0 Å². The SMILES string of the molecule is CCC1CCCN1c1nccc(C(=O)O)c1Cl. The predicted molar refractivity (Wildman–Crippen MR) is 66.9 cm³/mol. The van der Waals surface area contributed by atoms with E-state index in [1.165, 1.54) is 12.3 Å². The molecule has 1 atom stereocenters. The molecule has 4 nitrogen and oxygen atoms in total. The van der Waals surface area contributed by atoms with Crippen LogP contribution in [0.2, 0.25) is 5.02 Å². The lowest BCUT2D eigenvalue weighted by molar-refractivity contribution is 0.0697. The molecule has 1 saturated heterocycles. The number of anilines is 1. The molecular formula is C12H15ClN2O2. The molecular weight excluding hydrogens is 240 g/mol. The molecule has 1 fully saturated rings. The first kappa shape index (κ1) is 12.2. The smallest absolute Gasteiger partial charge is 0.337 e. The van der Waals surface area contributed by atoms with E-state index in [0.717, 1.165) is 25.8 Å². The minimum atomic E-state index is -1.01. The molecule has 0 radical (unpaired) electrons. The van der Waals surface area contributed by atoms with E-state index >= 15 is 0 Å². The molecule has 1 N–H and O–H groups in total. The molecule has 1 aromatic heterocycles. The van der Waals surface area contributed by atoms with Gasteiger partial charge in [-0.25, -0.2) is 9.78 Å². The molecule has 1 aromatic rings. The van der Waals surface area contributed by atoms with Gasteiger partial charge < -0.3 is 10.0 Å². The minimum Gasteiger partial charge on any atom is -0.478 e. The average molecular weight is 255 g/mol. The van der Waals surface area contributed by atoms with Crippen molar-refractivity contribution in [2.24, 2.45) is 0 Å². The van der Waals surface area contributed by atoms with E-state index < -0.39 is 5.97 Å². The van der Waals surface area contributed by atoms with Gasteiger partial charge >= 0.3 is 5.97 Å². The summed E-state index contributed by atoms with van der Waals surface area (Å²) >= 11 is 6.12. The molecule has 1 aliphatic heterocycles. The summed E-state index contributed by atoms with van der Waals surface area (Å²) in [6.07, 6.45) is 4.75. The van der Waals surface area contributed by atoms with Crippen LogP contribution in [-0.2, 0) is 0 Å². The Bertz CT molecular complexity index is 437. The van der Waals surface area contributed by atoms with Gasteiger partial charge in [0.05, 0.1) is 10.6 Å². The Kier molecular flexibility index (Phi) is 3.52. The highest BCUT2D eigenvalue weighted by Crippen LogP contribution is 2.32. The summed E-state index contributed by atoms with van der Waals surface area (Å²) in [5.74, 6) is -0.401. The summed E-state index contributed by atoms with van der Waals surface area (Å²) in [6.45, 7) is 3.02. The zero-order chi connectivity index (χ0) is 12.4. The molecule has 92 valence electrons. The van der Waals surface area contributed by atoms with Gasteiger partial charge in [-0.05, 0) is 25.3 Å². The fraction of sp³-hybridized carbons (Fsp3) is 0.500. The molecule has 1 aliphatic rings. The van der Waals surface area contributed by atoms with Crippen LogP contribution in [0.1, 0.15) is 36.5 Å². The molecule has 0 spiro atoms. The van der Waals surface area contributed by atoms with Crippen LogP contribution in [0.4, 0.5) is 5.82 Å². The van der Waals surface area contributed by atoms with Crippen LogP contribution in [0.5, 0.6) is 0 Å². The highest BCUT2D eigenvalue weighted by Gasteiger charge is 2.27. The summed E-state index contributed by atoms with van der Waals surface area (Å²) < 4.78 is 0. The average Bonchev–Trinajstić information content (AvgIpc) is 2.76. The van der Waals surface area contributed by atoms with Gasteiger partial charge in [0.25, 0.3) is 0 Å². The van der Waals surface area contributed by atoms with Crippen LogP contribution >= 0.6 is 11.6 Å². The van der Waals surface area contributed by atoms with E-state index in [4.69, 9.17) is 16.7 Å². The second-order valence-corrected chi connectivity index (χ2v) is 4.58. The number of aromatic carboxylic acids is 1. The summed E-state index contributed by atoms with van der Waals surface area (Å²) in [4.78, 5) is 17.4. The molecule has 2 heterocycles. The van der Waals surface area contributed by atoms with Crippen molar-refractivity contribution in [2.75, 3.05) is 11.4 Å². The highest BCUT2D eigenvalue weighted by atomic mass is 35.5. The summed E-state index contributed by atoms with van der Waals surface area (Å²) in [7, 11) is 0. The first-order valence-electron chi connectivity index (χ1n) is 5.79. The lowest BCUT2D eigenvalue weighted by Gasteiger charge is -2.25. The topological polar surface area (TPSA) is 53.4 Å². The van der Waals surface area contributed by atoms with Crippen LogP contribution in [-0.4, -0.2) is 28.6 Å². The van der Waals surface area contributed by atoms with Gasteiger partial charge in [0, 0.05) is 18.8 Å². The van der Waals surface area contributed by atoms with Crippen molar-refractivity contribution in [1.29, 1.82) is 0 Å². The summed E-state index contributed by atoms with van der Waals surface area (Å²) in [5.41, 5.74) is 0.124. The third-order valence-corrected chi connectivity index (χ3v) is 3.59. The number of hydrogen-bond donors (Lipinski definition) is 1. The maximum absolute atomic E-state index is 11.0. The number of carboxylic acids is 1. The third kappa shape index (κ3) is 2.22. The standard InChI is InChI=1S/C12H15ClN2O2/c1-2-8-4-3-7-15(8)11-10(13)9(12(16)17)5-6-14-11/h5-6,8H,2-4,7H2,1H3,(H,16,17). The van der Waals surface area contributed by atoms with E-state index in [1.807, 2.05) is 0 Å². The van der Waals surface area contributed by atoms with Crippen LogP contribution in [0.3, 0.4) is 0 Å². The molecule has 0 bridgehead atoms. The molecule has 0 amide bonds. The number of pyridine rings is 1. The van der Waals surface area contributed by atoms with Gasteiger partial charge in [0.2, 0.25) is 0 Å². The Labute approximate surface area is 105 Å². The normalized spacial score (nSPS) is 19.6. The number of aromatic nitrogens is 1. The Morgan fingerprint density at radius 3 is 3.12 bits per heavy atom. The summed E-state index contributed by atoms with van der Waals surface area (Å²) in [6, 6.07) is 1.86. The van der Waals surface area contributed by atoms with Crippen molar-refractivity contribution in [2.45, 2.75) is 32.2 Å². The van der Waals surface area contributed by atoms with Crippen LogP contribution in [0.25, 0.3) is 0 Å². The fourth-order valence-corrected chi connectivity index (χ4v) is 2.64. The first-order chi connectivity index (χ1) is 8.15. The molecule has 0 aromatic carbocycles. The van der Waals surface area contributed by atoms with Gasteiger partial charge in [0.15, 0.2) is 0 Å². The zero-order valence-electron chi connectivity index (χ0n) is 9.69. The van der Waals surface area contributed by atoms with Crippen LogP contribution in [0.15, 0.2) is 12.3 Å². The lowest BCUT2D eigenvalue weighted by atomic mass is 10.1. The largest absolute Gasteiger partial charge is 0.478 e. The number of halogens is 1. The Balaban J connectivity index is 2.38. The maximum atomic E-state index is 11.0. The van der Waals surface area contributed by atoms with Gasteiger partial charge in [0.1, 0.15) is 5.82 Å². The number of carboxylic acid groups (broad SMARTS) is 1. The van der Waals surface area contributed by atoms with Crippen LogP contribution in [0, 0.1) is 0 Å². The Morgan fingerprint density at radius 2 is 2.47 bits per heavy atom. The van der Waals surface area contributed by atoms with Crippen molar-refractivity contribution < 1.29 is 9.90 Å². The Hall–Kier alpha value is -1.29. The van der Waals surface area contributed by atoms with Gasteiger partial charge in [-0.3, -0.25) is 0 Å². The maximum Gasteiger partial charge on any atom is 0.337 e. The molecule has 2 rings (SSSR count). The first-order valence-corrected chi connectivity index (χ1v) is 6.17. The van der Waals surface area contributed by atoms with Crippen molar-refractivity contribution in [1.82, 2.24) is 4.98 Å². The molecule has 0 saturated carbocycles. The van der Waals surface area contributed by atoms with E-state index in [9.17, 15) is 4.79 Å². The fourth-order valence-electron chi connectivity index (χ4n) is 2.34. The Morgan fingerprint density at radius 1 is 1.71 bits per heavy atom. The van der Waals surface area contributed by atoms with Gasteiger partial charge in [-0.15, -0.1) is 0 Å². The van der Waals surface area contributed by atoms with E-state index in [-0.39, 0.29) is 10.6 Å². The molecule has 1 unspecified atom stereocenters. The lowest BCUT2D eigenvalue weighted by Crippen LogP contribution is -2.29. The minimum absolute atomic E-state index is 0.124. The molecule has 5 heteroatoms. The number of hydrogen-bond acceptors (Lipinski definition) is 3. The number of rotatable bonds is 3.